The van der Waals surface area contributed by atoms with E-state index in [-0.39, 0.29) is 0 Å². The van der Waals surface area contributed by atoms with Crippen LogP contribution < -0.4 is 4.74 Å². The molecule has 5 heteroatoms. The minimum absolute atomic E-state index is 0.527. The van der Waals surface area contributed by atoms with Gasteiger partial charge < -0.3 is 4.74 Å². The van der Waals surface area contributed by atoms with Gasteiger partial charge in [0.15, 0.2) is 17.5 Å². The summed E-state index contributed by atoms with van der Waals surface area (Å²) >= 11 is 0. The van der Waals surface area contributed by atoms with Gasteiger partial charge in [-0.2, -0.15) is 5.26 Å². The monoisotopic (exact) mass is 790 g/mol. The van der Waals surface area contributed by atoms with Crippen molar-refractivity contribution < 1.29 is 4.74 Å². The molecule has 5 nitrogen and oxygen atoms in total. The summed E-state index contributed by atoms with van der Waals surface area (Å²) in [5.74, 6) is 3.27. The third kappa shape index (κ3) is 5.37. The number of hydrogen-bond donors (Lipinski definition) is 0. The van der Waals surface area contributed by atoms with Crippen LogP contribution in [0.4, 0.5) is 0 Å². The van der Waals surface area contributed by atoms with E-state index in [4.69, 9.17) is 19.7 Å². The Balaban J connectivity index is 1.05. The van der Waals surface area contributed by atoms with Crippen molar-refractivity contribution in [3.63, 3.8) is 0 Å². The number of ether oxygens (including phenoxy) is 1. The second-order valence-electron chi connectivity index (χ2n) is 15.8. The number of nitrogens with zero attached hydrogens (tertiary/aromatic N) is 4. The molecular formula is C57H34N4O. The van der Waals surface area contributed by atoms with Crippen LogP contribution in [0.3, 0.4) is 0 Å². The Bertz CT molecular complexity index is 3380. The maximum Gasteiger partial charge on any atom is 0.164 e. The summed E-state index contributed by atoms with van der Waals surface area (Å²) < 4.78 is 7.00. The molecule has 2 aliphatic rings. The van der Waals surface area contributed by atoms with Crippen molar-refractivity contribution >= 4 is 10.8 Å². The average molecular weight is 791 g/mol. The fourth-order valence-corrected chi connectivity index (χ4v) is 9.73. The first-order valence-corrected chi connectivity index (χ1v) is 20.7. The first-order chi connectivity index (χ1) is 30.7. The molecule has 0 N–H and O–H groups in total. The first kappa shape index (κ1) is 35.5. The van der Waals surface area contributed by atoms with E-state index in [1.165, 1.54) is 27.6 Å². The topological polar surface area (TPSA) is 71.7 Å². The molecule has 0 fully saturated rings. The molecule has 1 aliphatic carbocycles. The summed E-state index contributed by atoms with van der Waals surface area (Å²) in [6, 6.07) is 73.8. The van der Waals surface area contributed by atoms with E-state index < -0.39 is 5.41 Å². The molecule has 0 unspecified atom stereocenters. The molecule has 0 bridgehead atoms. The molecule has 9 aromatic carbocycles. The van der Waals surface area contributed by atoms with Crippen molar-refractivity contribution in [3.8, 4) is 85.1 Å². The van der Waals surface area contributed by atoms with Crippen molar-refractivity contribution in [1.29, 1.82) is 5.26 Å². The van der Waals surface area contributed by atoms with Gasteiger partial charge in [-0.25, -0.2) is 15.0 Å². The fraction of sp³-hybridized carbons (Fsp3) is 0.0175. The van der Waals surface area contributed by atoms with Gasteiger partial charge >= 0.3 is 0 Å². The second kappa shape index (κ2) is 14.1. The third-order valence-corrected chi connectivity index (χ3v) is 12.5. The van der Waals surface area contributed by atoms with Gasteiger partial charge in [-0.3, -0.25) is 0 Å². The van der Waals surface area contributed by atoms with E-state index in [1.54, 1.807) is 12.1 Å². The predicted molar refractivity (Wildman–Crippen MR) is 247 cm³/mol. The Hall–Kier alpha value is -8.46. The standard InChI is InChI=1S/C57H34N4O/c58-35-36-28-30-37(31-29-36)54-59-55(61-56(60-54)48-33-32-47-44-21-8-7-20-43(44)45-23-12-24-46(48)52(45)47)39-15-11-14-38(34-39)42-22-13-26-50-53(42)62-51-27-10-9-25-49(51)57(50,40-16-3-1-4-17-40)41-18-5-2-6-19-41/h1-34H. The van der Waals surface area contributed by atoms with Gasteiger partial charge in [0, 0.05) is 33.4 Å². The lowest BCUT2D eigenvalue weighted by atomic mass is 9.63. The van der Waals surface area contributed by atoms with Crippen LogP contribution in [0.25, 0.3) is 78.3 Å². The number of fused-ring (bicyclic) bond motifs is 5. The van der Waals surface area contributed by atoms with Crippen LogP contribution in [0, 0.1) is 11.3 Å². The molecular weight excluding hydrogens is 757 g/mol. The molecule has 0 atom stereocenters. The normalized spacial score (nSPS) is 12.8. The highest BCUT2D eigenvalue weighted by atomic mass is 16.5. The second-order valence-corrected chi connectivity index (χ2v) is 15.8. The Morgan fingerprint density at radius 1 is 0.403 bits per heavy atom. The predicted octanol–water partition coefficient (Wildman–Crippen LogP) is 13.7. The Labute approximate surface area is 358 Å². The number of hydrogen-bond acceptors (Lipinski definition) is 5. The molecule has 2 heterocycles. The van der Waals surface area contributed by atoms with Crippen LogP contribution in [0.2, 0.25) is 0 Å². The molecule has 62 heavy (non-hydrogen) atoms. The Morgan fingerprint density at radius 2 is 0.952 bits per heavy atom. The molecule has 288 valence electrons. The molecule has 0 saturated carbocycles. The number of aromatic nitrogens is 3. The van der Waals surface area contributed by atoms with E-state index in [2.05, 4.69) is 182 Å². The molecule has 10 aromatic rings. The first-order valence-electron chi connectivity index (χ1n) is 20.7. The zero-order chi connectivity index (χ0) is 41.2. The van der Waals surface area contributed by atoms with Crippen LogP contribution in [0.5, 0.6) is 11.5 Å². The maximum atomic E-state index is 9.59. The number of benzene rings is 9. The van der Waals surface area contributed by atoms with Crippen LogP contribution >= 0.6 is 0 Å². The molecule has 0 saturated heterocycles. The van der Waals surface area contributed by atoms with Crippen molar-refractivity contribution in [2.24, 2.45) is 0 Å². The van der Waals surface area contributed by atoms with Gasteiger partial charge in [-0.05, 0) is 92.2 Å². The zero-order valence-corrected chi connectivity index (χ0v) is 33.3. The molecule has 12 rings (SSSR count). The van der Waals surface area contributed by atoms with Gasteiger partial charge in [0.1, 0.15) is 11.5 Å². The van der Waals surface area contributed by atoms with Crippen LogP contribution in [0.15, 0.2) is 206 Å². The third-order valence-electron chi connectivity index (χ3n) is 12.5. The van der Waals surface area contributed by atoms with E-state index >= 15 is 0 Å². The van der Waals surface area contributed by atoms with E-state index in [0.717, 1.165) is 67.0 Å². The minimum atomic E-state index is -0.638. The lowest BCUT2D eigenvalue weighted by Crippen LogP contribution is -2.34. The zero-order valence-electron chi connectivity index (χ0n) is 33.3. The SMILES string of the molecule is N#Cc1ccc(-c2nc(-c3cccc(-c4cccc5c4Oc4ccccc4C5(c4ccccc4)c4ccccc4)c3)nc(-c3ccc4c5c(cccc35)-c3ccccc3-4)n2)cc1. The van der Waals surface area contributed by atoms with Crippen molar-refractivity contribution in [2.45, 2.75) is 5.41 Å². The van der Waals surface area contributed by atoms with Gasteiger partial charge in [0.25, 0.3) is 0 Å². The van der Waals surface area contributed by atoms with Gasteiger partial charge in [0.2, 0.25) is 0 Å². The molecule has 0 amide bonds. The molecule has 1 aliphatic heterocycles. The van der Waals surface area contributed by atoms with Gasteiger partial charge in [0.05, 0.1) is 17.0 Å². The van der Waals surface area contributed by atoms with Gasteiger partial charge in [-0.1, -0.05) is 164 Å². The fourth-order valence-electron chi connectivity index (χ4n) is 9.73. The molecule has 1 aromatic heterocycles. The average Bonchev–Trinajstić information content (AvgIpc) is 3.68. The number of rotatable bonds is 6. The Morgan fingerprint density at radius 3 is 1.69 bits per heavy atom. The van der Waals surface area contributed by atoms with Crippen molar-refractivity contribution in [2.75, 3.05) is 0 Å². The summed E-state index contributed by atoms with van der Waals surface area (Å²) in [5.41, 5.74) is 13.8. The number of para-hydroxylation sites is 2. The highest BCUT2D eigenvalue weighted by Crippen LogP contribution is 2.57. The van der Waals surface area contributed by atoms with Crippen molar-refractivity contribution in [1.82, 2.24) is 15.0 Å². The summed E-state index contributed by atoms with van der Waals surface area (Å²) in [7, 11) is 0. The molecule has 0 spiro atoms. The smallest absolute Gasteiger partial charge is 0.164 e. The lowest BCUT2D eigenvalue weighted by Gasteiger charge is -2.42. The van der Waals surface area contributed by atoms with Crippen molar-refractivity contribution in [3.05, 3.63) is 234 Å². The highest BCUT2D eigenvalue weighted by molar-refractivity contribution is 6.18. The minimum Gasteiger partial charge on any atom is -0.456 e. The van der Waals surface area contributed by atoms with Gasteiger partial charge in [-0.15, -0.1) is 0 Å². The van der Waals surface area contributed by atoms with Crippen LogP contribution in [0.1, 0.15) is 27.8 Å². The quantitative estimate of drug-likeness (QED) is 0.168. The summed E-state index contributed by atoms with van der Waals surface area (Å²) in [6.07, 6.45) is 0. The van der Waals surface area contributed by atoms with Crippen LogP contribution in [-0.2, 0) is 5.41 Å². The van der Waals surface area contributed by atoms with Crippen LogP contribution in [-0.4, -0.2) is 15.0 Å². The molecule has 0 radical (unpaired) electrons. The summed E-state index contributed by atoms with van der Waals surface area (Å²) in [6.45, 7) is 0. The lowest BCUT2D eigenvalue weighted by molar-refractivity contribution is 0.436. The Kier molecular flexibility index (Phi) is 8.06. The maximum absolute atomic E-state index is 9.59. The van der Waals surface area contributed by atoms with E-state index in [9.17, 15) is 5.26 Å². The summed E-state index contributed by atoms with van der Waals surface area (Å²) in [4.78, 5) is 15.5. The summed E-state index contributed by atoms with van der Waals surface area (Å²) in [5, 5.41) is 11.9. The van der Waals surface area contributed by atoms with E-state index in [1.807, 2.05) is 18.2 Å². The highest BCUT2D eigenvalue weighted by Gasteiger charge is 2.46. The van der Waals surface area contributed by atoms with E-state index in [0.29, 0.717) is 23.0 Å². The number of nitriles is 1. The largest absolute Gasteiger partial charge is 0.456 e.